The van der Waals surface area contributed by atoms with E-state index >= 15 is 0 Å². The van der Waals surface area contributed by atoms with Crippen LogP contribution in [0.3, 0.4) is 0 Å². The van der Waals surface area contributed by atoms with Crippen LogP contribution in [0.2, 0.25) is 0 Å². The van der Waals surface area contributed by atoms with Gasteiger partial charge in [-0.25, -0.2) is 0 Å². The van der Waals surface area contributed by atoms with Gasteiger partial charge in [-0.2, -0.15) is 0 Å². The van der Waals surface area contributed by atoms with E-state index in [1.165, 1.54) is 109 Å². The van der Waals surface area contributed by atoms with Crippen LogP contribution in [0, 0.1) is 10.8 Å². The number of rotatable bonds is 20. The molecule has 0 saturated carbocycles. The van der Waals surface area contributed by atoms with Crippen LogP contribution < -0.4 is 5.32 Å². The van der Waals surface area contributed by atoms with E-state index in [0.29, 0.717) is 5.41 Å². The fourth-order valence-electron chi connectivity index (χ4n) is 4.56. The number of hydrogen-bond donors (Lipinski definition) is 1. The second-order valence-electron chi connectivity index (χ2n) is 11.4. The standard InChI is InChI=1S/C28H59N/c1-9-11-13-15-16-17-18-19-21-23-25-29-28(7,8)27(5,6)26(3,4)24-22-20-14-12-10-2/h29H,9-25H2,1-8H3. The van der Waals surface area contributed by atoms with Crippen molar-refractivity contribution in [1.29, 1.82) is 0 Å². The lowest BCUT2D eigenvalue weighted by molar-refractivity contribution is 0.00552. The van der Waals surface area contributed by atoms with Crippen LogP contribution in [0.15, 0.2) is 0 Å². The van der Waals surface area contributed by atoms with Crippen molar-refractivity contribution in [2.75, 3.05) is 6.54 Å². The Bertz CT molecular complexity index is 367. The molecule has 0 rings (SSSR count). The van der Waals surface area contributed by atoms with Gasteiger partial charge in [-0.3, -0.25) is 0 Å². The Balaban J connectivity index is 4.07. The Labute approximate surface area is 186 Å². The van der Waals surface area contributed by atoms with Crippen molar-refractivity contribution in [3.63, 3.8) is 0 Å². The van der Waals surface area contributed by atoms with Gasteiger partial charge in [0.1, 0.15) is 0 Å². The van der Waals surface area contributed by atoms with Gasteiger partial charge in [0.2, 0.25) is 0 Å². The fraction of sp³-hybridized carbons (Fsp3) is 1.00. The van der Waals surface area contributed by atoms with Crippen LogP contribution >= 0.6 is 0 Å². The summed E-state index contributed by atoms with van der Waals surface area (Å²) in [5, 5.41) is 3.94. The second-order valence-corrected chi connectivity index (χ2v) is 11.4. The van der Waals surface area contributed by atoms with Crippen LogP contribution in [-0.4, -0.2) is 12.1 Å². The SMILES string of the molecule is CCCCCCCCCCCCNC(C)(C)C(C)(C)C(C)(C)CCCCCCC. The third-order valence-electron chi connectivity index (χ3n) is 8.26. The first-order valence-electron chi connectivity index (χ1n) is 13.4. The molecule has 176 valence electrons. The lowest BCUT2D eigenvalue weighted by atomic mass is 9.57. The van der Waals surface area contributed by atoms with E-state index in [-0.39, 0.29) is 11.0 Å². The van der Waals surface area contributed by atoms with Crippen LogP contribution in [0.1, 0.15) is 158 Å². The van der Waals surface area contributed by atoms with E-state index in [9.17, 15) is 0 Å². The molecule has 0 aromatic carbocycles. The van der Waals surface area contributed by atoms with Gasteiger partial charge in [-0.1, -0.05) is 131 Å². The molecule has 0 aliphatic carbocycles. The molecule has 0 atom stereocenters. The zero-order chi connectivity index (χ0) is 22.2. The third-order valence-corrected chi connectivity index (χ3v) is 8.26. The normalized spacial score (nSPS) is 13.2. The second kappa shape index (κ2) is 15.7. The molecule has 1 nitrogen and oxygen atoms in total. The molecule has 0 bridgehead atoms. The molecule has 1 N–H and O–H groups in total. The molecule has 0 fully saturated rings. The third kappa shape index (κ3) is 11.8. The Morgan fingerprint density at radius 3 is 1.31 bits per heavy atom. The molecular weight excluding hydrogens is 350 g/mol. The Hall–Kier alpha value is -0.0400. The average molecular weight is 410 g/mol. The van der Waals surface area contributed by atoms with Crippen molar-refractivity contribution in [2.24, 2.45) is 10.8 Å². The lowest BCUT2D eigenvalue weighted by Crippen LogP contribution is -2.57. The summed E-state index contributed by atoms with van der Waals surface area (Å²) in [7, 11) is 0. The summed E-state index contributed by atoms with van der Waals surface area (Å²) in [6.07, 6.45) is 22.4. The largest absolute Gasteiger partial charge is 0.311 e. The summed E-state index contributed by atoms with van der Waals surface area (Å²) in [6, 6.07) is 0. The molecule has 0 amide bonds. The molecule has 0 saturated heterocycles. The quantitative estimate of drug-likeness (QED) is 0.197. The summed E-state index contributed by atoms with van der Waals surface area (Å²) in [4.78, 5) is 0. The summed E-state index contributed by atoms with van der Waals surface area (Å²) >= 11 is 0. The van der Waals surface area contributed by atoms with Gasteiger partial charge in [-0.05, 0) is 44.1 Å². The van der Waals surface area contributed by atoms with Gasteiger partial charge in [0, 0.05) is 5.54 Å². The molecule has 0 aliphatic rings. The first kappa shape index (κ1) is 29.0. The Morgan fingerprint density at radius 2 is 0.862 bits per heavy atom. The molecular formula is C28H59N. The topological polar surface area (TPSA) is 12.0 Å². The summed E-state index contributed by atoms with van der Waals surface area (Å²) in [5.74, 6) is 0. The van der Waals surface area contributed by atoms with E-state index in [4.69, 9.17) is 0 Å². The van der Waals surface area contributed by atoms with Gasteiger partial charge < -0.3 is 5.32 Å². The van der Waals surface area contributed by atoms with Gasteiger partial charge in [0.05, 0.1) is 0 Å². The minimum Gasteiger partial charge on any atom is -0.311 e. The van der Waals surface area contributed by atoms with E-state index in [1.807, 2.05) is 0 Å². The monoisotopic (exact) mass is 409 g/mol. The molecule has 0 aromatic rings. The maximum Gasteiger partial charge on any atom is 0.0181 e. The summed E-state index contributed by atoms with van der Waals surface area (Å²) < 4.78 is 0. The number of hydrogen-bond acceptors (Lipinski definition) is 1. The maximum atomic E-state index is 3.94. The van der Waals surface area contributed by atoms with Gasteiger partial charge >= 0.3 is 0 Å². The van der Waals surface area contributed by atoms with E-state index in [2.05, 4.69) is 60.7 Å². The molecule has 0 aromatic heterocycles. The predicted octanol–water partition coefficient (Wildman–Crippen LogP) is 9.69. The predicted molar refractivity (Wildman–Crippen MR) is 135 cm³/mol. The van der Waals surface area contributed by atoms with Gasteiger partial charge in [0.25, 0.3) is 0 Å². The molecule has 0 aliphatic heterocycles. The number of nitrogens with one attached hydrogen (secondary N) is 1. The smallest absolute Gasteiger partial charge is 0.0181 e. The Morgan fingerprint density at radius 1 is 0.483 bits per heavy atom. The molecule has 0 spiro atoms. The average Bonchev–Trinajstić information content (AvgIpc) is 2.65. The van der Waals surface area contributed by atoms with Crippen LogP contribution in [0.4, 0.5) is 0 Å². The van der Waals surface area contributed by atoms with Crippen molar-refractivity contribution >= 4 is 0 Å². The summed E-state index contributed by atoms with van der Waals surface area (Å²) in [6.45, 7) is 20.6. The molecule has 29 heavy (non-hydrogen) atoms. The van der Waals surface area contributed by atoms with Gasteiger partial charge in [0.15, 0.2) is 0 Å². The minimum atomic E-state index is 0.166. The summed E-state index contributed by atoms with van der Waals surface area (Å²) in [5.41, 5.74) is 0.788. The maximum absolute atomic E-state index is 3.94. The minimum absolute atomic E-state index is 0.166. The zero-order valence-corrected chi connectivity index (χ0v) is 22.0. The fourth-order valence-corrected chi connectivity index (χ4v) is 4.56. The van der Waals surface area contributed by atoms with Crippen molar-refractivity contribution in [3.05, 3.63) is 0 Å². The highest BCUT2D eigenvalue weighted by Gasteiger charge is 2.46. The highest BCUT2D eigenvalue weighted by Crippen LogP contribution is 2.49. The van der Waals surface area contributed by atoms with Crippen LogP contribution in [0.25, 0.3) is 0 Å². The first-order chi connectivity index (χ1) is 13.6. The molecule has 0 heterocycles. The number of unbranched alkanes of at least 4 members (excludes halogenated alkanes) is 13. The molecule has 0 radical (unpaired) electrons. The zero-order valence-electron chi connectivity index (χ0n) is 22.0. The van der Waals surface area contributed by atoms with E-state index in [0.717, 1.165) is 0 Å². The highest BCUT2D eigenvalue weighted by atomic mass is 15.0. The van der Waals surface area contributed by atoms with E-state index in [1.54, 1.807) is 0 Å². The lowest BCUT2D eigenvalue weighted by Gasteiger charge is -2.53. The van der Waals surface area contributed by atoms with Crippen LogP contribution in [0.5, 0.6) is 0 Å². The first-order valence-corrected chi connectivity index (χ1v) is 13.4. The highest BCUT2D eigenvalue weighted by molar-refractivity contribution is 5.01. The van der Waals surface area contributed by atoms with Crippen molar-refractivity contribution in [1.82, 2.24) is 5.32 Å². The molecule has 1 heteroatoms. The van der Waals surface area contributed by atoms with Crippen molar-refractivity contribution < 1.29 is 0 Å². The van der Waals surface area contributed by atoms with Gasteiger partial charge in [-0.15, -0.1) is 0 Å². The van der Waals surface area contributed by atoms with Crippen molar-refractivity contribution in [3.8, 4) is 0 Å². The van der Waals surface area contributed by atoms with E-state index < -0.39 is 0 Å². The van der Waals surface area contributed by atoms with Crippen molar-refractivity contribution in [2.45, 2.75) is 164 Å². The Kier molecular flexibility index (Phi) is 15.7. The van der Waals surface area contributed by atoms with Crippen LogP contribution in [-0.2, 0) is 0 Å². The molecule has 0 unspecified atom stereocenters.